The zero-order valence-electron chi connectivity index (χ0n) is 13.3. The van der Waals surface area contributed by atoms with Crippen LogP contribution < -0.4 is 15.8 Å². The summed E-state index contributed by atoms with van der Waals surface area (Å²) in [5, 5.41) is 1.77. The fourth-order valence-corrected chi connectivity index (χ4v) is 4.37. The summed E-state index contributed by atoms with van der Waals surface area (Å²) < 4.78 is 25.4. The van der Waals surface area contributed by atoms with Gasteiger partial charge in [-0.1, -0.05) is 18.2 Å². The molecule has 0 aliphatic carbocycles. The van der Waals surface area contributed by atoms with Gasteiger partial charge >= 0.3 is 0 Å². The van der Waals surface area contributed by atoms with E-state index in [1.165, 1.54) is 45.7 Å². The van der Waals surface area contributed by atoms with Crippen molar-refractivity contribution in [3.05, 3.63) is 64.0 Å². The zero-order valence-corrected chi connectivity index (χ0v) is 15.7. The third kappa shape index (κ3) is 4.49. The van der Waals surface area contributed by atoms with Gasteiger partial charge in [0.15, 0.2) is 4.96 Å². The summed E-state index contributed by atoms with van der Waals surface area (Å²) in [6, 6.07) is 9.14. The topological polar surface area (TPSA) is 110 Å². The minimum Gasteiger partial charge on any atom is -0.277 e. The van der Waals surface area contributed by atoms with Gasteiger partial charge in [0.2, 0.25) is 5.91 Å². The lowest BCUT2D eigenvalue weighted by molar-refractivity contribution is -0.119. The Balaban J connectivity index is 1.50. The van der Waals surface area contributed by atoms with E-state index in [0.717, 1.165) is 0 Å². The van der Waals surface area contributed by atoms with E-state index in [1.54, 1.807) is 29.8 Å². The quantitative estimate of drug-likeness (QED) is 0.563. The van der Waals surface area contributed by atoms with Crippen molar-refractivity contribution in [3.8, 4) is 0 Å². The molecule has 1 amide bonds. The number of aromatic nitrogens is 2. The number of sulfonamides is 1. The second kappa shape index (κ2) is 7.99. The number of nitrogens with zero attached hydrogens (tertiary/aromatic N) is 2. The van der Waals surface area contributed by atoms with Crippen molar-refractivity contribution >= 4 is 44.0 Å². The Labute approximate surface area is 157 Å². The van der Waals surface area contributed by atoms with Crippen LogP contribution in [0.3, 0.4) is 0 Å². The number of carbonyl (C=O) groups is 1. The van der Waals surface area contributed by atoms with Crippen molar-refractivity contribution in [1.29, 1.82) is 0 Å². The van der Waals surface area contributed by atoms with Gasteiger partial charge in [-0.2, -0.15) is 0 Å². The van der Waals surface area contributed by atoms with E-state index in [9.17, 15) is 18.0 Å². The first-order chi connectivity index (χ1) is 12.5. The number of hydrazine groups is 1. The van der Waals surface area contributed by atoms with Crippen LogP contribution in [-0.4, -0.2) is 29.5 Å². The molecule has 26 heavy (non-hydrogen) atoms. The SMILES string of the molecule is O=C(CSCc1cc(=O)n2ccsc2n1)NNS(=O)(=O)c1ccccc1. The van der Waals surface area contributed by atoms with E-state index in [1.807, 2.05) is 4.83 Å². The highest BCUT2D eigenvalue weighted by Gasteiger charge is 2.14. The van der Waals surface area contributed by atoms with Gasteiger partial charge in [0.1, 0.15) is 0 Å². The van der Waals surface area contributed by atoms with E-state index in [2.05, 4.69) is 10.4 Å². The van der Waals surface area contributed by atoms with Crippen LogP contribution in [0.2, 0.25) is 0 Å². The molecule has 2 aromatic heterocycles. The molecule has 0 bridgehead atoms. The highest BCUT2D eigenvalue weighted by molar-refractivity contribution is 7.99. The van der Waals surface area contributed by atoms with E-state index < -0.39 is 15.9 Å². The van der Waals surface area contributed by atoms with Crippen molar-refractivity contribution in [2.45, 2.75) is 10.6 Å². The van der Waals surface area contributed by atoms with Gasteiger partial charge in [-0.3, -0.25) is 19.4 Å². The van der Waals surface area contributed by atoms with Crippen LogP contribution in [0, 0.1) is 0 Å². The Bertz CT molecular complexity index is 1080. The van der Waals surface area contributed by atoms with E-state index in [0.29, 0.717) is 16.4 Å². The van der Waals surface area contributed by atoms with Crippen LogP contribution >= 0.6 is 23.1 Å². The van der Waals surface area contributed by atoms with E-state index >= 15 is 0 Å². The van der Waals surface area contributed by atoms with Crippen molar-refractivity contribution in [3.63, 3.8) is 0 Å². The molecule has 0 radical (unpaired) electrons. The second-order valence-electron chi connectivity index (χ2n) is 5.10. The van der Waals surface area contributed by atoms with Crippen LogP contribution in [-0.2, 0) is 20.6 Å². The highest BCUT2D eigenvalue weighted by atomic mass is 32.2. The molecule has 0 saturated heterocycles. The summed E-state index contributed by atoms with van der Waals surface area (Å²) in [4.78, 5) is 30.7. The zero-order chi connectivity index (χ0) is 18.6. The molecule has 0 spiro atoms. The van der Waals surface area contributed by atoms with Gasteiger partial charge in [0, 0.05) is 23.4 Å². The van der Waals surface area contributed by atoms with Gasteiger partial charge in [-0.25, -0.2) is 13.4 Å². The summed E-state index contributed by atoms with van der Waals surface area (Å²) in [5.74, 6) is -0.117. The monoisotopic (exact) mass is 410 g/mol. The van der Waals surface area contributed by atoms with E-state index in [4.69, 9.17) is 0 Å². The number of carbonyl (C=O) groups excluding carboxylic acids is 1. The molecule has 8 nitrogen and oxygen atoms in total. The predicted octanol–water partition coefficient (Wildman–Crippen LogP) is 0.999. The molecule has 136 valence electrons. The van der Waals surface area contributed by atoms with Gasteiger partial charge in [-0.05, 0) is 12.1 Å². The minimum absolute atomic E-state index is 0.0167. The largest absolute Gasteiger partial charge is 0.277 e. The van der Waals surface area contributed by atoms with Crippen LogP contribution in [0.25, 0.3) is 4.96 Å². The molecule has 2 heterocycles. The molecular formula is C15H14N4O4S3. The first-order valence-corrected chi connectivity index (χ1v) is 10.9. The van der Waals surface area contributed by atoms with Crippen molar-refractivity contribution in [2.75, 3.05) is 5.75 Å². The van der Waals surface area contributed by atoms with Crippen molar-refractivity contribution < 1.29 is 13.2 Å². The normalized spacial score (nSPS) is 11.5. The first kappa shape index (κ1) is 18.6. The lowest BCUT2D eigenvalue weighted by Crippen LogP contribution is -2.42. The third-order valence-corrected chi connectivity index (χ3v) is 6.20. The molecule has 3 aromatic rings. The number of nitrogens with one attached hydrogen (secondary N) is 2. The number of hydrogen-bond acceptors (Lipinski definition) is 7. The standard InChI is InChI=1S/C15H14N4O4S3/c20-13(17-18-26(22,23)12-4-2-1-3-5-12)10-24-9-11-8-14(21)19-6-7-25-15(19)16-11/h1-8,18H,9-10H2,(H,17,20). The number of hydrogen-bond donors (Lipinski definition) is 2. The molecule has 11 heteroatoms. The van der Waals surface area contributed by atoms with Crippen molar-refractivity contribution in [1.82, 2.24) is 19.6 Å². The average molecular weight is 411 g/mol. The summed E-state index contributed by atoms with van der Waals surface area (Å²) in [5.41, 5.74) is 2.56. The number of benzene rings is 1. The fraction of sp³-hybridized carbons (Fsp3) is 0.133. The summed E-state index contributed by atoms with van der Waals surface area (Å²) in [6.45, 7) is 0. The van der Waals surface area contributed by atoms with E-state index in [-0.39, 0.29) is 16.2 Å². The van der Waals surface area contributed by atoms with Crippen LogP contribution in [0.15, 0.2) is 57.7 Å². The molecule has 0 fully saturated rings. The fourth-order valence-electron chi connectivity index (χ4n) is 2.03. The molecule has 0 unspecified atom stereocenters. The van der Waals surface area contributed by atoms with Crippen LogP contribution in [0.5, 0.6) is 0 Å². The lowest BCUT2D eigenvalue weighted by atomic mass is 10.4. The third-order valence-electron chi connectivity index (χ3n) is 3.22. The minimum atomic E-state index is -3.80. The van der Waals surface area contributed by atoms with Crippen LogP contribution in [0.1, 0.15) is 5.69 Å². The molecule has 3 rings (SSSR count). The molecular weight excluding hydrogens is 396 g/mol. The molecule has 0 saturated carbocycles. The van der Waals surface area contributed by atoms with Crippen LogP contribution in [0.4, 0.5) is 0 Å². The predicted molar refractivity (Wildman–Crippen MR) is 100 cm³/mol. The number of amides is 1. The smallest absolute Gasteiger partial charge is 0.258 e. The average Bonchev–Trinajstić information content (AvgIpc) is 3.10. The highest BCUT2D eigenvalue weighted by Crippen LogP contribution is 2.12. The maximum atomic E-state index is 12.0. The Hall–Kier alpha value is -2.21. The maximum Gasteiger partial charge on any atom is 0.258 e. The molecule has 1 aromatic carbocycles. The number of thioether (sulfide) groups is 1. The lowest BCUT2D eigenvalue weighted by Gasteiger charge is -2.08. The molecule has 0 aliphatic rings. The Kier molecular flexibility index (Phi) is 5.71. The molecule has 2 N–H and O–H groups in total. The van der Waals surface area contributed by atoms with Crippen molar-refractivity contribution in [2.24, 2.45) is 0 Å². The number of thiazole rings is 1. The maximum absolute atomic E-state index is 12.0. The summed E-state index contributed by atoms with van der Waals surface area (Å²) in [7, 11) is -3.80. The van der Waals surface area contributed by atoms with Gasteiger partial charge in [-0.15, -0.1) is 27.9 Å². The Morgan fingerprint density at radius 2 is 2.04 bits per heavy atom. The van der Waals surface area contributed by atoms with Gasteiger partial charge < -0.3 is 0 Å². The first-order valence-electron chi connectivity index (χ1n) is 7.35. The Morgan fingerprint density at radius 1 is 1.27 bits per heavy atom. The number of rotatable bonds is 7. The summed E-state index contributed by atoms with van der Waals surface area (Å²) >= 11 is 2.58. The number of fused-ring (bicyclic) bond motifs is 1. The van der Waals surface area contributed by atoms with Gasteiger partial charge in [0.05, 0.1) is 16.3 Å². The molecule has 0 atom stereocenters. The Morgan fingerprint density at radius 3 is 2.81 bits per heavy atom. The second-order valence-corrected chi connectivity index (χ2v) is 8.64. The molecule has 0 aliphatic heterocycles. The summed E-state index contributed by atoms with van der Waals surface area (Å²) in [6.07, 6.45) is 1.65. The van der Waals surface area contributed by atoms with Gasteiger partial charge in [0.25, 0.3) is 15.6 Å².